The highest BCUT2D eigenvalue weighted by atomic mass is 28.3. The monoisotopic (exact) mass is 689 g/mol. The predicted octanol–water partition coefficient (Wildman–Crippen LogP) is 9.38. The number of fused-ring (bicyclic) bond motifs is 1. The Kier molecular flexibility index (Phi) is 9.00. The van der Waals surface area contributed by atoms with E-state index in [1.54, 1.807) is 0 Å². The van der Waals surface area contributed by atoms with Gasteiger partial charge >= 0.3 is 0 Å². The molecule has 3 nitrogen and oxygen atoms in total. The molecule has 0 N–H and O–H groups in total. The number of hydrogen-bond donors (Lipinski definition) is 0. The van der Waals surface area contributed by atoms with Crippen molar-refractivity contribution in [3.05, 3.63) is 187 Å². The van der Waals surface area contributed by atoms with E-state index in [1.165, 1.54) is 37.6 Å². The van der Waals surface area contributed by atoms with E-state index in [9.17, 15) is 0 Å². The maximum atomic E-state index is 5.12. The Labute approximate surface area is 308 Å². The Balaban J connectivity index is 1.37. The second-order valence-corrected chi connectivity index (χ2v) is 18.1. The Morgan fingerprint density at radius 2 is 1.04 bits per heavy atom. The van der Waals surface area contributed by atoms with Gasteiger partial charge in [-0.25, -0.2) is 9.97 Å². The molecule has 0 aliphatic carbocycles. The number of nitrogens with zero attached hydrogens (tertiary/aromatic N) is 3. The van der Waals surface area contributed by atoms with Gasteiger partial charge in [-0.2, -0.15) is 0 Å². The smallest absolute Gasteiger partial charge is 0.179 e. The summed E-state index contributed by atoms with van der Waals surface area (Å²) in [5.41, 5.74) is 8.11. The molecule has 0 radical (unpaired) electrons. The van der Waals surface area contributed by atoms with Crippen LogP contribution in [0.3, 0.4) is 0 Å². The quantitative estimate of drug-likeness (QED) is 0.112. The second-order valence-electron chi connectivity index (χ2n) is 14.2. The van der Waals surface area contributed by atoms with Gasteiger partial charge in [0.1, 0.15) is 5.82 Å². The number of rotatable bonds is 9. The van der Waals surface area contributed by atoms with Crippen molar-refractivity contribution in [3.63, 3.8) is 0 Å². The molecule has 0 fully saturated rings. The van der Waals surface area contributed by atoms with Crippen LogP contribution < -0.4 is 20.7 Å². The molecule has 0 bridgehead atoms. The summed E-state index contributed by atoms with van der Waals surface area (Å²) in [6, 6.07) is 60.0. The van der Waals surface area contributed by atoms with E-state index in [2.05, 4.69) is 202 Å². The standard InChI is InChI=1S/C48H43N3Si/c1-34(2)43-25-15-26-44(35(3)4)47(43)51-31-30-49-48(51)38-18-14-24-42(33-38)52(39-19-7-5-8-20-39,40-21-9-6-10-22-40)41-23-13-17-37(32-41)46-29-28-36-16-11-12-27-45(36)50-46/h5-35H,1-4H3. The van der Waals surface area contributed by atoms with Crippen LogP contribution in [-0.4, -0.2) is 22.6 Å². The number of hydrogen-bond acceptors (Lipinski definition) is 2. The van der Waals surface area contributed by atoms with Gasteiger partial charge in [-0.3, -0.25) is 4.57 Å². The van der Waals surface area contributed by atoms with Crippen LogP contribution in [0.15, 0.2) is 176 Å². The zero-order valence-electron chi connectivity index (χ0n) is 30.2. The minimum Gasteiger partial charge on any atom is -0.299 e. The lowest BCUT2D eigenvalue weighted by Crippen LogP contribution is -2.74. The molecular weight excluding hydrogens is 647 g/mol. The van der Waals surface area contributed by atoms with Crippen LogP contribution in [-0.2, 0) is 0 Å². The summed E-state index contributed by atoms with van der Waals surface area (Å²) >= 11 is 0. The van der Waals surface area contributed by atoms with E-state index >= 15 is 0 Å². The number of pyridine rings is 1. The molecule has 0 spiro atoms. The molecule has 0 aliphatic heterocycles. The minimum atomic E-state index is -2.88. The summed E-state index contributed by atoms with van der Waals surface area (Å²) in [6.07, 6.45) is 4.08. The molecule has 0 aliphatic rings. The van der Waals surface area contributed by atoms with Gasteiger partial charge in [0.2, 0.25) is 0 Å². The maximum absolute atomic E-state index is 5.12. The lowest BCUT2D eigenvalue weighted by atomic mass is 9.92. The highest BCUT2D eigenvalue weighted by Crippen LogP contribution is 2.34. The molecule has 0 saturated carbocycles. The third-order valence-corrected chi connectivity index (χ3v) is 15.1. The van der Waals surface area contributed by atoms with Crippen molar-refractivity contribution in [2.24, 2.45) is 0 Å². The van der Waals surface area contributed by atoms with Gasteiger partial charge in [0.05, 0.1) is 16.9 Å². The van der Waals surface area contributed by atoms with Crippen LogP contribution in [0.25, 0.3) is 39.2 Å². The Morgan fingerprint density at radius 1 is 0.500 bits per heavy atom. The Morgan fingerprint density at radius 3 is 1.67 bits per heavy atom. The Hall–Kier alpha value is -5.84. The van der Waals surface area contributed by atoms with Crippen molar-refractivity contribution in [2.75, 3.05) is 0 Å². The molecule has 2 heterocycles. The van der Waals surface area contributed by atoms with Gasteiger partial charge < -0.3 is 0 Å². The first-order valence-electron chi connectivity index (χ1n) is 18.3. The Bertz CT molecular complexity index is 2410. The number of benzene rings is 6. The van der Waals surface area contributed by atoms with Gasteiger partial charge in [0.25, 0.3) is 0 Å². The van der Waals surface area contributed by atoms with Crippen molar-refractivity contribution < 1.29 is 0 Å². The van der Waals surface area contributed by atoms with Crippen molar-refractivity contribution in [3.8, 4) is 28.3 Å². The predicted molar refractivity (Wildman–Crippen MR) is 222 cm³/mol. The van der Waals surface area contributed by atoms with E-state index < -0.39 is 8.07 Å². The first-order chi connectivity index (χ1) is 25.4. The molecule has 8 aromatic rings. The molecule has 4 heteroatoms. The molecule has 0 unspecified atom stereocenters. The average Bonchev–Trinajstić information content (AvgIpc) is 3.69. The molecular formula is C48H43N3Si. The zero-order valence-corrected chi connectivity index (χ0v) is 31.2. The maximum Gasteiger partial charge on any atom is 0.179 e. The number of para-hydroxylation sites is 2. The summed E-state index contributed by atoms with van der Waals surface area (Å²) in [4.78, 5) is 10.2. The molecule has 0 saturated heterocycles. The van der Waals surface area contributed by atoms with Crippen molar-refractivity contribution in [1.29, 1.82) is 0 Å². The fourth-order valence-electron chi connectivity index (χ4n) is 7.89. The van der Waals surface area contributed by atoms with Crippen LogP contribution in [0.1, 0.15) is 50.7 Å². The van der Waals surface area contributed by atoms with E-state index in [0.717, 1.165) is 33.5 Å². The molecule has 52 heavy (non-hydrogen) atoms. The largest absolute Gasteiger partial charge is 0.299 e. The van der Waals surface area contributed by atoms with Crippen LogP contribution in [0, 0.1) is 0 Å². The van der Waals surface area contributed by atoms with Crippen molar-refractivity contribution in [2.45, 2.75) is 39.5 Å². The van der Waals surface area contributed by atoms with Gasteiger partial charge in [-0.1, -0.05) is 179 Å². The van der Waals surface area contributed by atoms with Gasteiger partial charge in [0, 0.05) is 28.9 Å². The minimum absolute atomic E-state index is 0.371. The molecule has 8 rings (SSSR count). The van der Waals surface area contributed by atoms with Crippen molar-refractivity contribution in [1.82, 2.24) is 14.5 Å². The normalized spacial score (nSPS) is 11.8. The number of aromatic nitrogens is 3. The summed E-state index contributed by atoms with van der Waals surface area (Å²) in [5.74, 6) is 1.70. The summed E-state index contributed by atoms with van der Waals surface area (Å²) in [5, 5.41) is 6.42. The first-order valence-corrected chi connectivity index (χ1v) is 20.3. The summed E-state index contributed by atoms with van der Waals surface area (Å²) in [6.45, 7) is 9.12. The lowest BCUT2D eigenvalue weighted by molar-refractivity contribution is 0.807. The van der Waals surface area contributed by atoms with Crippen LogP contribution >= 0.6 is 0 Å². The zero-order chi connectivity index (χ0) is 35.7. The van der Waals surface area contributed by atoms with Gasteiger partial charge in [0.15, 0.2) is 8.07 Å². The highest BCUT2D eigenvalue weighted by Gasteiger charge is 2.42. The summed E-state index contributed by atoms with van der Waals surface area (Å²) in [7, 11) is -2.88. The SMILES string of the molecule is CC(C)c1cccc(C(C)C)c1-n1ccnc1-c1cccc([Si](c2ccccc2)(c2ccccc2)c2cccc(-c3ccc4ccccc4n3)c2)c1. The second kappa shape index (κ2) is 14.1. The fraction of sp³-hybridized carbons (Fsp3) is 0.125. The molecule has 2 aromatic heterocycles. The summed E-state index contributed by atoms with van der Waals surface area (Å²) < 4.78 is 2.32. The molecule has 0 amide bonds. The molecule has 254 valence electrons. The third-order valence-electron chi connectivity index (χ3n) is 10.4. The fourth-order valence-corrected chi connectivity index (χ4v) is 12.7. The first kappa shape index (κ1) is 33.3. The van der Waals surface area contributed by atoms with E-state index in [-0.39, 0.29) is 0 Å². The molecule has 6 aromatic carbocycles. The van der Waals surface area contributed by atoms with Crippen molar-refractivity contribution >= 4 is 39.7 Å². The van der Waals surface area contributed by atoms with Crippen LogP contribution in [0.5, 0.6) is 0 Å². The number of imidazole rings is 1. The highest BCUT2D eigenvalue weighted by molar-refractivity contribution is 7.20. The van der Waals surface area contributed by atoms with Crippen LogP contribution in [0.2, 0.25) is 0 Å². The third kappa shape index (κ3) is 5.89. The molecule has 0 atom stereocenters. The van der Waals surface area contributed by atoms with E-state index in [0.29, 0.717) is 11.8 Å². The van der Waals surface area contributed by atoms with E-state index in [1.807, 2.05) is 6.20 Å². The average molecular weight is 690 g/mol. The van der Waals surface area contributed by atoms with Crippen LogP contribution in [0.4, 0.5) is 0 Å². The van der Waals surface area contributed by atoms with Gasteiger partial charge in [-0.15, -0.1) is 0 Å². The topological polar surface area (TPSA) is 30.7 Å². The van der Waals surface area contributed by atoms with Gasteiger partial charge in [-0.05, 0) is 55.8 Å². The lowest BCUT2D eigenvalue weighted by Gasteiger charge is -2.35. The van der Waals surface area contributed by atoms with E-state index in [4.69, 9.17) is 9.97 Å².